The molecule has 6 heteroatoms. The molecule has 0 aromatic carbocycles. The molecule has 0 atom stereocenters. The Morgan fingerprint density at radius 3 is 2.39 bits per heavy atom. The third-order valence-electron chi connectivity index (χ3n) is 3.30. The first-order chi connectivity index (χ1) is 8.45. The molecule has 3 nitrogen and oxygen atoms in total. The minimum absolute atomic E-state index is 0.0692. The van der Waals surface area contributed by atoms with E-state index >= 15 is 0 Å². The van der Waals surface area contributed by atoms with Gasteiger partial charge in [0, 0.05) is 12.2 Å². The number of hydrogen-bond acceptors (Lipinski definition) is 3. The molecule has 0 amide bonds. The molecule has 1 aromatic heterocycles. The Hall–Kier alpha value is -1.33. The SMILES string of the molecule is Cc1cncc(NC2CCC(C(F)(F)F)CC2)n1. The summed E-state index contributed by atoms with van der Waals surface area (Å²) in [5.74, 6) is -0.496. The van der Waals surface area contributed by atoms with Crippen LogP contribution in [-0.4, -0.2) is 22.2 Å². The maximum Gasteiger partial charge on any atom is 0.391 e. The zero-order chi connectivity index (χ0) is 13.2. The highest BCUT2D eigenvalue weighted by atomic mass is 19.4. The fraction of sp³-hybridized carbons (Fsp3) is 0.667. The largest absolute Gasteiger partial charge is 0.391 e. The normalized spacial score (nSPS) is 24.9. The van der Waals surface area contributed by atoms with Crippen LogP contribution in [0.15, 0.2) is 12.4 Å². The predicted molar refractivity (Wildman–Crippen MR) is 62.2 cm³/mol. The smallest absolute Gasteiger partial charge is 0.366 e. The minimum Gasteiger partial charge on any atom is -0.366 e. The Morgan fingerprint density at radius 2 is 1.83 bits per heavy atom. The van der Waals surface area contributed by atoms with Crippen LogP contribution >= 0.6 is 0 Å². The van der Waals surface area contributed by atoms with E-state index in [0.717, 1.165) is 5.69 Å². The first kappa shape index (κ1) is 13.1. The summed E-state index contributed by atoms with van der Waals surface area (Å²) in [5.41, 5.74) is 0.795. The topological polar surface area (TPSA) is 37.8 Å². The summed E-state index contributed by atoms with van der Waals surface area (Å²) in [6, 6.07) is 0.0692. The molecular formula is C12H16F3N3. The van der Waals surface area contributed by atoms with Gasteiger partial charge in [-0.15, -0.1) is 0 Å². The van der Waals surface area contributed by atoms with Gasteiger partial charge in [-0.1, -0.05) is 0 Å². The van der Waals surface area contributed by atoms with Gasteiger partial charge in [-0.2, -0.15) is 13.2 Å². The van der Waals surface area contributed by atoms with E-state index < -0.39 is 12.1 Å². The fourth-order valence-electron chi connectivity index (χ4n) is 2.31. The molecule has 1 heterocycles. The van der Waals surface area contributed by atoms with E-state index in [-0.39, 0.29) is 18.9 Å². The Balaban J connectivity index is 1.87. The number of aromatic nitrogens is 2. The molecule has 100 valence electrons. The Labute approximate surface area is 104 Å². The summed E-state index contributed by atoms with van der Waals surface area (Å²) < 4.78 is 37.5. The average Bonchev–Trinajstić information content (AvgIpc) is 2.28. The van der Waals surface area contributed by atoms with Crippen molar-refractivity contribution in [2.75, 3.05) is 5.32 Å². The molecule has 0 unspecified atom stereocenters. The van der Waals surface area contributed by atoms with Crippen molar-refractivity contribution in [1.29, 1.82) is 0 Å². The number of alkyl halides is 3. The van der Waals surface area contributed by atoms with E-state index in [1.807, 2.05) is 6.92 Å². The number of rotatable bonds is 2. The van der Waals surface area contributed by atoms with Crippen LogP contribution in [0.4, 0.5) is 19.0 Å². The summed E-state index contributed by atoms with van der Waals surface area (Å²) in [5, 5.41) is 3.15. The van der Waals surface area contributed by atoms with Crippen molar-refractivity contribution in [1.82, 2.24) is 9.97 Å². The second-order valence-electron chi connectivity index (χ2n) is 4.78. The lowest BCUT2D eigenvalue weighted by Gasteiger charge is -2.30. The van der Waals surface area contributed by atoms with Gasteiger partial charge < -0.3 is 5.32 Å². The van der Waals surface area contributed by atoms with Crippen LogP contribution in [0.3, 0.4) is 0 Å². The maximum absolute atomic E-state index is 12.5. The highest BCUT2D eigenvalue weighted by Crippen LogP contribution is 2.37. The van der Waals surface area contributed by atoms with Crippen molar-refractivity contribution in [3.63, 3.8) is 0 Å². The average molecular weight is 259 g/mol. The van der Waals surface area contributed by atoms with Gasteiger partial charge in [0.25, 0.3) is 0 Å². The van der Waals surface area contributed by atoms with Crippen molar-refractivity contribution >= 4 is 5.82 Å². The Kier molecular flexibility index (Phi) is 3.73. The first-order valence-electron chi connectivity index (χ1n) is 6.07. The van der Waals surface area contributed by atoms with Gasteiger partial charge in [0.2, 0.25) is 0 Å². The van der Waals surface area contributed by atoms with Crippen molar-refractivity contribution in [2.24, 2.45) is 5.92 Å². The minimum atomic E-state index is -4.05. The lowest BCUT2D eigenvalue weighted by atomic mass is 9.85. The number of halogens is 3. The van der Waals surface area contributed by atoms with Crippen LogP contribution in [0.2, 0.25) is 0 Å². The van der Waals surface area contributed by atoms with E-state index in [1.165, 1.54) is 0 Å². The third-order valence-corrected chi connectivity index (χ3v) is 3.30. The van der Waals surface area contributed by atoms with Gasteiger partial charge in [0.1, 0.15) is 5.82 Å². The number of anilines is 1. The van der Waals surface area contributed by atoms with Crippen LogP contribution in [0.1, 0.15) is 31.4 Å². The van der Waals surface area contributed by atoms with Crippen LogP contribution in [-0.2, 0) is 0 Å². The Morgan fingerprint density at radius 1 is 1.17 bits per heavy atom. The molecule has 18 heavy (non-hydrogen) atoms. The standard InChI is InChI=1S/C12H16F3N3/c1-8-6-16-7-11(17-8)18-10-4-2-9(3-5-10)12(13,14)15/h6-7,9-10H,2-5H2,1H3,(H,17,18). The van der Waals surface area contributed by atoms with Crippen molar-refractivity contribution in [3.8, 4) is 0 Å². The van der Waals surface area contributed by atoms with Crippen molar-refractivity contribution in [3.05, 3.63) is 18.1 Å². The number of nitrogens with one attached hydrogen (secondary N) is 1. The van der Waals surface area contributed by atoms with Gasteiger partial charge in [-0.25, -0.2) is 4.98 Å². The monoisotopic (exact) mass is 259 g/mol. The van der Waals surface area contributed by atoms with Crippen LogP contribution in [0, 0.1) is 12.8 Å². The zero-order valence-corrected chi connectivity index (χ0v) is 10.2. The van der Waals surface area contributed by atoms with Crippen LogP contribution in [0.25, 0.3) is 0 Å². The lowest BCUT2D eigenvalue weighted by Crippen LogP contribution is -2.33. The quantitative estimate of drug-likeness (QED) is 0.885. The Bertz CT molecular complexity index is 398. The summed E-state index contributed by atoms with van der Waals surface area (Å²) in [6.45, 7) is 1.83. The molecule has 0 radical (unpaired) electrons. The van der Waals surface area contributed by atoms with Crippen LogP contribution in [0.5, 0.6) is 0 Å². The molecule has 2 rings (SSSR count). The number of hydrogen-bond donors (Lipinski definition) is 1. The second-order valence-corrected chi connectivity index (χ2v) is 4.78. The van der Waals surface area contributed by atoms with Gasteiger partial charge in [-0.3, -0.25) is 4.98 Å². The molecule has 0 bridgehead atoms. The van der Waals surface area contributed by atoms with Crippen molar-refractivity contribution in [2.45, 2.75) is 44.8 Å². The molecule has 1 aliphatic rings. The predicted octanol–water partition coefficient (Wildman–Crippen LogP) is 3.32. The summed E-state index contributed by atoms with van der Waals surface area (Å²) in [4.78, 5) is 8.24. The first-order valence-corrected chi connectivity index (χ1v) is 6.07. The molecule has 1 aliphatic carbocycles. The lowest BCUT2D eigenvalue weighted by molar-refractivity contribution is -0.182. The summed E-state index contributed by atoms with van der Waals surface area (Å²) in [6.07, 6.45) is 0.642. The molecule has 1 fully saturated rings. The van der Waals surface area contributed by atoms with E-state index in [4.69, 9.17) is 0 Å². The number of aryl methyl sites for hydroxylation is 1. The molecular weight excluding hydrogens is 243 g/mol. The molecule has 1 saturated carbocycles. The van der Waals surface area contributed by atoms with E-state index in [2.05, 4.69) is 15.3 Å². The molecule has 0 spiro atoms. The third kappa shape index (κ3) is 3.34. The number of nitrogens with zero attached hydrogens (tertiary/aromatic N) is 2. The highest BCUT2D eigenvalue weighted by Gasteiger charge is 2.41. The van der Waals surface area contributed by atoms with Crippen LogP contribution < -0.4 is 5.32 Å². The molecule has 0 aliphatic heterocycles. The van der Waals surface area contributed by atoms with Crippen molar-refractivity contribution < 1.29 is 13.2 Å². The molecule has 1 N–H and O–H groups in total. The van der Waals surface area contributed by atoms with Gasteiger partial charge in [-0.05, 0) is 32.6 Å². The second kappa shape index (κ2) is 5.12. The molecule has 1 aromatic rings. The summed E-state index contributed by atoms with van der Waals surface area (Å²) >= 11 is 0. The van der Waals surface area contributed by atoms with E-state index in [0.29, 0.717) is 18.7 Å². The maximum atomic E-state index is 12.5. The van der Waals surface area contributed by atoms with Gasteiger partial charge >= 0.3 is 6.18 Å². The van der Waals surface area contributed by atoms with Gasteiger partial charge in [0.15, 0.2) is 0 Å². The zero-order valence-electron chi connectivity index (χ0n) is 10.2. The van der Waals surface area contributed by atoms with Gasteiger partial charge in [0.05, 0.1) is 17.8 Å². The highest BCUT2D eigenvalue weighted by molar-refractivity contribution is 5.33. The fourth-order valence-corrected chi connectivity index (χ4v) is 2.31. The summed E-state index contributed by atoms with van der Waals surface area (Å²) in [7, 11) is 0. The van der Waals surface area contributed by atoms with E-state index in [9.17, 15) is 13.2 Å². The molecule has 0 saturated heterocycles. The van der Waals surface area contributed by atoms with E-state index in [1.54, 1.807) is 12.4 Å².